The zero-order chi connectivity index (χ0) is 7.84. The second-order valence-electron chi connectivity index (χ2n) is 2.05. The van der Waals surface area contributed by atoms with E-state index in [-0.39, 0.29) is 5.97 Å². The minimum atomic E-state index is -2.05. The van der Waals surface area contributed by atoms with Crippen molar-refractivity contribution in [3.8, 4) is 0 Å². The molecule has 0 amide bonds. The van der Waals surface area contributed by atoms with Crippen LogP contribution >= 0.6 is 8.91 Å². The molecule has 0 fully saturated rings. The molecule has 0 aliphatic carbocycles. The van der Waals surface area contributed by atoms with Gasteiger partial charge in [0.25, 0.3) is 0 Å². The van der Waals surface area contributed by atoms with Gasteiger partial charge >= 0.3 is 75.2 Å². The van der Waals surface area contributed by atoms with E-state index in [9.17, 15) is 4.79 Å². The van der Waals surface area contributed by atoms with Gasteiger partial charge in [0.1, 0.15) is 0 Å². The Morgan fingerprint density at radius 3 is 2.82 bits per heavy atom. The molecule has 0 spiro atoms. The molecular weight excluding hydrogens is 278 g/mol. The van der Waals surface area contributed by atoms with Gasteiger partial charge < -0.3 is 0 Å². The van der Waals surface area contributed by atoms with Crippen LogP contribution in [0.15, 0.2) is 24.3 Å². The maximum atomic E-state index is 11.0. The fourth-order valence-corrected chi connectivity index (χ4v) is 4.26. The van der Waals surface area contributed by atoms with Crippen LogP contribution < -0.4 is 19.1 Å². The van der Waals surface area contributed by atoms with Gasteiger partial charge in [-0.3, -0.25) is 0 Å². The minimum absolute atomic E-state index is 0.263. The molecule has 0 N–H and O–H groups in total. The van der Waals surface area contributed by atoms with E-state index in [2.05, 4.69) is 0 Å². The van der Waals surface area contributed by atoms with Gasteiger partial charge in [-0.15, -0.1) is 0 Å². The van der Waals surface area contributed by atoms with E-state index < -0.39 is 19.1 Å². The van der Waals surface area contributed by atoms with Crippen molar-refractivity contribution >= 4 is 14.9 Å². The normalized spacial score (nSPS) is 17.9. The standard InChI is InChI=1S/C7H4ClIO2/c8-9-6-4-2-1-3-5(6)7(10)11-9/h1-4H/q-1. The molecule has 0 unspecified atom stereocenters. The van der Waals surface area contributed by atoms with E-state index in [1.165, 1.54) is 0 Å². The molecule has 1 aliphatic rings. The molecule has 2 nitrogen and oxygen atoms in total. The van der Waals surface area contributed by atoms with E-state index in [1.807, 2.05) is 18.2 Å². The van der Waals surface area contributed by atoms with Crippen LogP contribution in [0.5, 0.6) is 0 Å². The summed E-state index contributed by atoms with van der Waals surface area (Å²) in [6.07, 6.45) is 0. The number of fused-ring (bicyclic) bond motifs is 1. The summed E-state index contributed by atoms with van der Waals surface area (Å²) < 4.78 is 5.83. The van der Waals surface area contributed by atoms with Crippen LogP contribution in [-0.2, 0) is 3.07 Å². The Labute approximate surface area is 75.1 Å². The van der Waals surface area contributed by atoms with E-state index in [1.54, 1.807) is 6.07 Å². The number of rotatable bonds is 0. The molecule has 0 aromatic heterocycles. The van der Waals surface area contributed by atoms with E-state index in [0.717, 1.165) is 3.57 Å². The zero-order valence-electron chi connectivity index (χ0n) is 5.38. The summed E-state index contributed by atoms with van der Waals surface area (Å²) in [4.78, 5) is 11.0. The summed E-state index contributed by atoms with van der Waals surface area (Å²) in [5.41, 5.74) is 0.646. The number of hydrogen-bond acceptors (Lipinski definition) is 2. The van der Waals surface area contributed by atoms with Crippen molar-refractivity contribution in [1.82, 2.24) is 0 Å². The number of halogens is 2. The predicted molar refractivity (Wildman–Crippen MR) is 36.4 cm³/mol. The number of carbonyl (C=O) groups excluding carboxylic acids is 1. The fourth-order valence-electron chi connectivity index (χ4n) is 0.901. The van der Waals surface area contributed by atoms with Gasteiger partial charge in [-0.05, 0) is 0 Å². The quantitative estimate of drug-likeness (QED) is 0.554. The average molecular weight is 282 g/mol. The Balaban J connectivity index is 2.60. The molecular formula is C7H4ClIO2-. The van der Waals surface area contributed by atoms with Crippen molar-refractivity contribution in [2.24, 2.45) is 0 Å². The SMILES string of the molecule is O=C1O[I-](Cl)c2ccccc21. The molecule has 2 rings (SSSR count). The summed E-state index contributed by atoms with van der Waals surface area (Å²) in [5, 5.41) is 0. The van der Waals surface area contributed by atoms with Crippen molar-refractivity contribution in [3.05, 3.63) is 33.4 Å². The van der Waals surface area contributed by atoms with Gasteiger partial charge in [-0.25, -0.2) is 0 Å². The van der Waals surface area contributed by atoms with Gasteiger partial charge in [0.05, 0.1) is 0 Å². The number of benzene rings is 1. The topological polar surface area (TPSA) is 26.3 Å². The third-order valence-corrected chi connectivity index (χ3v) is 5.46. The summed E-state index contributed by atoms with van der Waals surface area (Å²) in [7, 11) is 5.85. The zero-order valence-corrected chi connectivity index (χ0v) is 8.30. The Kier molecular flexibility index (Phi) is 1.77. The van der Waals surface area contributed by atoms with Crippen molar-refractivity contribution in [2.75, 3.05) is 0 Å². The molecule has 1 heterocycles. The van der Waals surface area contributed by atoms with Crippen LogP contribution in [0.2, 0.25) is 0 Å². The molecule has 0 saturated heterocycles. The van der Waals surface area contributed by atoms with E-state index >= 15 is 0 Å². The van der Waals surface area contributed by atoms with Gasteiger partial charge in [0.2, 0.25) is 0 Å². The Morgan fingerprint density at radius 1 is 1.36 bits per heavy atom. The van der Waals surface area contributed by atoms with E-state index in [0.29, 0.717) is 5.56 Å². The van der Waals surface area contributed by atoms with Gasteiger partial charge in [-0.2, -0.15) is 0 Å². The molecule has 4 heteroatoms. The third-order valence-electron chi connectivity index (χ3n) is 1.39. The predicted octanol–water partition coefficient (Wildman–Crippen LogP) is -1.28. The van der Waals surface area contributed by atoms with Crippen molar-refractivity contribution in [1.29, 1.82) is 0 Å². The maximum absolute atomic E-state index is 11.0. The summed E-state index contributed by atoms with van der Waals surface area (Å²) >= 11 is -2.05. The van der Waals surface area contributed by atoms with Crippen LogP contribution in [0.3, 0.4) is 0 Å². The molecule has 1 aliphatic heterocycles. The Hall–Kier alpha value is -0.290. The molecule has 0 saturated carbocycles. The van der Waals surface area contributed by atoms with Gasteiger partial charge in [-0.1, -0.05) is 0 Å². The second kappa shape index (κ2) is 2.64. The first kappa shape index (κ1) is 7.36. The van der Waals surface area contributed by atoms with Crippen molar-refractivity contribution in [3.63, 3.8) is 0 Å². The van der Waals surface area contributed by atoms with Crippen molar-refractivity contribution < 1.29 is 27.0 Å². The van der Waals surface area contributed by atoms with Crippen LogP contribution in [0.4, 0.5) is 0 Å². The summed E-state index contributed by atoms with van der Waals surface area (Å²) in [6.45, 7) is 0. The molecule has 1 radical (unpaired) electrons. The first-order chi connectivity index (χ1) is 5.29. The van der Waals surface area contributed by atoms with E-state index in [4.69, 9.17) is 12.0 Å². The molecule has 1 aromatic rings. The summed E-state index contributed by atoms with van der Waals surface area (Å²) in [6, 6.07) is 7.29. The molecule has 1 aromatic carbocycles. The second-order valence-corrected chi connectivity index (χ2v) is 6.58. The Bertz CT molecular complexity index is 313. The fraction of sp³-hybridized carbons (Fsp3) is 0. The Morgan fingerprint density at radius 2 is 2.09 bits per heavy atom. The number of hydrogen-bond donors (Lipinski definition) is 0. The van der Waals surface area contributed by atoms with Crippen LogP contribution in [-0.4, -0.2) is 5.97 Å². The van der Waals surface area contributed by atoms with Crippen molar-refractivity contribution in [2.45, 2.75) is 0 Å². The van der Waals surface area contributed by atoms with Crippen LogP contribution in [0.1, 0.15) is 10.4 Å². The first-order valence-electron chi connectivity index (χ1n) is 2.97. The van der Waals surface area contributed by atoms with Crippen LogP contribution in [0, 0.1) is 3.57 Å². The third kappa shape index (κ3) is 1.12. The van der Waals surface area contributed by atoms with Gasteiger partial charge in [0.15, 0.2) is 0 Å². The van der Waals surface area contributed by atoms with Crippen LogP contribution in [0.25, 0.3) is 0 Å². The first-order valence-corrected chi connectivity index (χ1v) is 7.66. The molecule has 0 bridgehead atoms. The number of carbonyl (C=O) groups is 1. The molecule has 11 heavy (non-hydrogen) atoms. The molecule has 59 valence electrons. The molecule has 0 atom stereocenters. The van der Waals surface area contributed by atoms with Gasteiger partial charge in [0, 0.05) is 0 Å². The average Bonchev–Trinajstić information content (AvgIpc) is 2.30. The monoisotopic (exact) mass is 282 g/mol. The summed E-state index contributed by atoms with van der Waals surface area (Å²) in [5.74, 6) is -0.263.